The largest absolute Gasteiger partial charge is 0.481 e. The highest BCUT2D eigenvalue weighted by molar-refractivity contribution is 7.22. The number of nitrogens with zero attached hydrogens (tertiary/aromatic N) is 1. The number of anilines is 1. The molecule has 0 atom stereocenters. The van der Waals surface area contributed by atoms with Crippen LogP contribution in [-0.2, 0) is 11.2 Å². The summed E-state index contributed by atoms with van der Waals surface area (Å²) < 4.78 is 0.932. The van der Waals surface area contributed by atoms with Crippen molar-refractivity contribution in [2.24, 2.45) is 0 Å². The third-order valence-electron chi connectivity index (χ3n) is 1.82. The maximum atomic E-state index is 10.5. The Hall–Kier alpha value is -1.04. The fraction of sp³-hybridized carbons (Fsp3) is 0.111. The molecule has 3 N–H and O–H groups in total. The van der Waals surface area contributed by atoms with E-state index >= 15 is 0 Å². The van der Waals surface area contributed by atoms with E-state index in [4.69, 9.17) is 10.8 Å². The summed E-state index contributed by atoms with van der Waals surface area (Å²) in [5.41, 5.74) is 7.13. The van der Waals surface area contributed by atoms with Gasteiger partial charge in [0.1, 0.15) is 0 Å². The van der Waals surface area contributed by atoms with Crippen molar-refractivity contribution in [2.45, 2.75) is 6.42 Å². The van der Waals surface area contributed by atoms with Crippen LogP contribution in [0.25, 0.3) is 10.2 Å². The number of benzene rings is 1. The monoisotopic (exact) mass is 280 g/mol. The predicted molar refractivity (Wildman–Crippen MR) is 69.9 cm³/mol. The molecule has 0 bridgehead atoms. The number of carbonyl (C=O) groups is 1. The molecule has 2 rings (SSSR count). The van der Waals surface area contributed by atoms with Gasteiger partial charge in [-0.1, -0.05) is 17.4 Å². The molecule has 0 radical (unpaired) electrons. The van der Waals surface area contributed by atoms with E-state index in [9.17, 15) is 4.79 Å². The number of nitrogen functional groups attached to an aromatic ring is 1. The van der Waals surface area contributed by atoms with Gasteiger partial charge in [0.15, 0.2) is 5.13 Å². The molecule has 0 aliphatic heterocycles. The van der Waals surface area contributed by atoms with E-state index in [0.29, 0.717) is 5.13 Å². The summed E-state index contributed by atoms with van der Waals surface area (Å²) in [6.07, 6.45) is 0.0355. The first-order valence-corrected chi connectivity index (χ1v) is 4.83. The highest BCUT2D eigenvalue weighted by atomic mass is 35.5. The molecule has 1 aromatic heterocycles. The molecule has 0 unspecified atom stereocenters. The summed E-state index contributed by atoms with van der Waals surface area (Å²) in [4.78, 5) is 14.6. The van der Waals surface area contributed by atoms with Crippen LogP contribution in [0, 0.1) is 0 Å². The van der Waals surface area contributed by atoms with Crippen LogP contribution in [0.15, 0.2) is 18.2 Å². The quantitative estimate of drug-likeness (QED) is 0.885. The van der Waals surface area contributed by atoms with Crippen molar-refractivity contribution in [1.29, 1.82) is 0 Å². The normalized spacial score (nSPS) is 9.25. The van der Waals surface area contributed by atoms with Gasteiger partial charge in [0.25, 0.3) is 0 Å². The van der Waals surface area contributed by atoms with Crippen LogP contribution in [0.5, 0.6) is 0 Å². The van der Waals surface area contributed by atoms with Gasteiger partial charge in [-0.25, -0.2) is 4.98 Å². The fourth-order valence-electron chi connectivity index (χ4n) is 1.27. The number of aliphatic carboxylic acids is 1. The minimum atomic E-state index is -0.832. The van der Waals surface area contributed by atoms with Crippen molar-refractivity contribution >= 4 is 57.5 Å². The Morgan fingerprint density at radius 2 is 2.12 bits per heavy atom. The average Bonchev–Trinajstić information content (AvgIpc) is 2.42. The second-order valence-electron chi connectivity index (χ2n) is 2.92. The van der Waals surface area contributed by atoms with Crippen molar-refractivity contribution in [3.05, 3.63) is 23.8 Å². The van der Waals surface area contributed by atoms with Gasteiger partial charge in [0, 0.05) is 0 Å². The van der Waals surface area contributed by atoms with E-state index in [0.717, 1.165) is 15.8 Å². The van der Waals surface area contributed by atoms with E-state index in [1.165, 1.54) is 11.3 Å². The molecule has 0 saturated heterocycles. The van der Waals surface area contributed by atoms with Crippen molar-refractivity contribution in [3.63, 3.8) is 0 Å². The van der Waals surface area contributed by atoms with Crippen molar-refractivity contribution in [1.82, 2.24) is 4.98 Å². The Morgan fingerprint density at radius 1 is 1.44 bits per heavy atom. The number of carboxylic acid groups (broad SMARTS) is 1. The van der Waals surface area contributed by atoms with Crippen LogP contribution in [0.3, 0.4) is 0 Å². The highest BCUT2D eigenvalue weighted by Gasteiger charge is 2.04. The lowest BCUT2D eigenvalue weighted by Crippen LogP contribution is -1.99. The Labute approximate surface area is 108 Å². The standard InChI is InChI=1S/C9H8N2O2S.2ClH/c10-9-11-6-2-1-5(4-8(12)13)3-7(6)14-9;;/h1-3H,4H2,(H2,10,11)(H,12,13);2*1H. The van der Waals surface area contributed by atoms with Crippen LogP contribution < -0.4 is 5.73 Å². The fourth-order valence-corrected chi connectivity index (χ4v) is 2.07. The second kappa shape index (κ2) is 5.89. The van der Waals surface area contributed by atoms with Gasteiger partial charge in [-0.2, -0.15) is 0 Å². The molecular formula is C9H10Cl2N2O2S. The lowest BCUT2D eigenvalue weighted by atomic mass is 10.1. The molecular weight excluding hydrogens is 271 g/mol. The third kappa shape index (κ3) is 3.23. The number of halogens is 2. The molecule has 7 heteroatoms. The number of hydrogen-bond donors (Lipinski definition) is 2. The SMILES string of the molecule is Cl.Cl.Nc1nc2ccc(CC(=O)O)cc2s1. The smallest absolute Gasteiger partial charge is 0.307 e. The van der Waals surface area contributed by atoms with Crippen LogP contribution >= 0.6 is 36.2 Å². The van der Waals surface area contributed by atoms with Crippen LogP contribution in [-0.4, -0.2) is 16.1 Å². The van der Waals surface area contributed by atoms with Gasteiger partial charge in [-0.3, -0.25) is 4.79 Å². The van der Waals surface area contributed by atoms with E-state index in [2.05, 4.69) is 4.98 Å². The number of thiazole rings is 1. The molecule has 16 heavy (non-hydrogen) atoms. The highest BCUT2D eigenvalue weighted by Crippen LogP contribution is 2.24. The van der Waals surface area contributed by atoms with Gasteiger partial charge in [-0.15, -0.1) is 24.8 Å². The van der Waals surface area contributed by atoms with Gasteiger partial charge < -0.3 is 10.8 Å². The molecule has 0 spiro atoms. The number of carboxylic acids is 1. The first-order chi connectivity index (χ1) is 6.65. The summed E-state index contributed by atoms with van der Waals surface area (Å²) in [5.74, 6) is -0.832. The molecule has 0 aliphatic rings. The first kappa shape index (κ1) is 15.0. The van der Waals surface area contributed by atoms with Gasteiger partial charge in [-0.05, 0) is 17.7 Å². The lowest BCUT2D eigenvalue weighted by molar-refractivity contribution is -0.136. The zero-order valence-electron chi connectivity index (χ0n) is 8.04. The molecule has 1 aromatic carbocycles. The second-order valence-corrected chi connectivity index (χ2v) is 3.99. The Kier molecular flexibility index (Phi) is 5.50. The molecule has 88 valence electrons. The minimum absolute atomic E-state index is 0. The van der Waals surface area contributed by atoms with E-state index in [1.54, 1.807) is 12.1 Å². The maximum Gasteiger partial charge on any atom is 0.307 e. The van der Waals surface area contributed by atoms with Gasteiger partial charge in [0.05, 0.1) is 16.6 Å². The molecule has 0 saturated carbocycles. The summed E-state index contributed by atoms with van der Waals surface area (Å²) in [6, 6.07) is 5.37. The minimum Gasteiger partial charge on any atom is -0.481 e. The van der Waals surface area contributed by atoms with Gasteiger partial charge in [0.2, 0.25) is 0 Å². The average molecular weight is 281 g/mol. The van der Waals surface area contributed by atoms with Crippen LogP contribution in [0.2, 0.25) is 0 Å². The zero-order chi connectivity index (χ0) is 10.1. The van der Waals surface area contributed by atoms with Crippen LogP contribution in [0.1, 0.15) is 5.56 Å². The lowest BCUT2D eigenvalue weighted by Gasteiger charge is -1.95. The molecule has 2 aromatic rings. The summed E-state index contributed by atoms with van der Waals surface area (Å²) in [5, 5.41) is 9.11. The molecule has 0 amide bonds. The third-order valence-corrected chi connectivity index (χ3v) is 2.67. The number of rotatable bonds is 2. The topological polar surface area (TPSA) is 76.2 Å². The predicted octanol–water partition coefficient (Wildman–Crippen LogP) is 2.35. The van der Waals surface area contributed by atoms with Crippen LogP contribution in [0.4, 0.5) is 5.13 Å². The van der Waals surface area contributed by atoms with Crippen molar-refractivity contribution in [2.75, 3.05) is 5.73 Å². The zero-order valence-corrected chi connectivity index (χ0v) is 10.5. The number of hydrogen-bond acceptors (Lipinski definition) is 4. The summed E-state index contributed by atoms with van der Waals surface area (Å²) in [7, 11) is 0. The Morgan fingerprint density at radius 3 is 2.75 bits per heavy atom. The molecule has 0 fully saturated rings. The summed E-state index contributed by atoms with van der Waals surface area (Å²) in [6.45, 7) is 0. The van der Waals surface area contributed by atoms with Gasteiger partial charge >= 0.3 is 5.97 Å². The van der Waals surface area contributed by atoms with E-state index in [1.807, 2.05) is 6.07 Å². The Bertz CT molecular complexity index is 501. The van der Waals surface area contributed by atoms with E-state index in [-0.39, 0.29) is 31.2 Å². The van der Waals surface area contributed by atoms with Crippen molar-refractivity contribution < 1.29 is 9.90 Å². The molecule has 1 heterocycles. The van der Waals surface area contributed by atoms with Crippen molar-refractivity contribution in [3.8, 4) is 0 Å². The number of fused-ring (bicyclic) bond motifs is 1. The number of aromatic nitrogens is 1. The molecule has 4 nitrogen and oxygen atoms in total. The first-order valence-electron chi connectivity index (χ1n) is 4.02. The Balaban J connectivity index is 0.00000112. The summed E-state index contributed by atoms with van der Waals surface area (Å²) >= 11 is 1.37. The maximum absolute atomic E-state index is 10.5. The molecule has 0 aliphatic carbocycles. The number of nitrogens with two attached hydrogens (primary N) is 1. The van der Waals surface area contributed by atoms with E-state index < -0.39 is 5.97 Å².